The molecule has 0 aromatic carbocycles. The van der Waals surface area contributed by atoms with Crippen LogP contribution in [-0.4, -0.2) is 11.1 Å². The SMILES string of the molecule is CCCCCCCCC=C(CC(CCC)CCCCC)C(=O)O. The van der Waals surface area contributed by atoms with E-state index >= 15 is 0 Å². The predicted molar refractivity (Wildman–Crippen MR) is 101 cm³/mol. The number of rotatable bonds is 16. The van der Waals surface area contributed by atoms with E-state index in [9.17, 15) is 9.90 Å². The predicted octanol–water partition coefficient (Wildman–Crippen LogP) is 7.13. The maximum atomic E-state index is 11.5. The Morgan fingerprint density at radius 3 is 2.04 bits per heavy atom. The molecule has 0 rings (SSSR count). The Morgan fingerprint density at radius 1 is 0.826 bits per heavy atom. The van der Waals surface area contributed by atoms with Crippen molar-refractivity contribution >= 4 is 5.97 Å². The van der Waals surface area contributed by atoms with Gasteiger partial charge in [-0.3, -0.25) is 0 Å². The number of unbranched alkanes of at least 4 members (excludes halogenated alkanes) is 8. The maximum Gasteiger partial charge on any atom is 0.331 e. The smallest absolute Gasteiger partial charge is 0.331 e. The molecule has 0 saturated heterocycles. The average Bonchev–Trinajstić information content (AvgIpc) is 2.52. The third kappa shape index (κ3) is 13.4. The van der Waals surface area contributed by atoms with Gasteiger partial charge in [0.05, 0.1) is 0 Å². The Labute approximate surface area is 144 Å². The number of allylic oxidation sites excluding steroid dienone is 1. The standard InChI is InChI=1S/C21H40O2/c1-4-7-9-10-11-12-14-17-20(21(22)23)18-19(15-6-3)16-13-8-5-2/h17,19H,4-16,18H2,1-3H3,(H,22,23). The first kappa shape index (κ1) is 22.2. The van der Waals surface area contributed by atoms with E-state index < -0.39 is 5.97 Å². The Hall–Kier alpha value is -0.790. The molecule has 0 aromatic heterocycles. The highest BCUT2D eigenvalue weighted by atomic mass is 16.4. The van der Waals surface area contributed by atoms with Crippen molar-refractivity contribution in [3.05, 3.63) is 11.6 Å². The first-order valence-electron chi connectivity index (χ1n) is 10.1. The molecular formula is C21H40O2. The molecule has 0 saturated carbocycles. The molecule has 1 N–H and O–H groups in total. The van der Waals surface area contributed by atoms with Crippen LogP contribution in [0.4, 0.5) is 0 Å². The molecule has 0 fully saturated rings. The van der Waals surface area contributed by atoms with Crippen molar-refractivity contribution in [2.75, 3.05) is 0 Å². The second-order valence-electron chi connectivity index (χ2n) is 6.95. The summed E-state index contributed by atoms with van der Waals surface area (Å²) < 4.78 is 0. The Balaban J connectivity index is 4.22. The van der Waals surface area contributed by atoms with E-state index in [1.165, 1.54) is 57.8 Å². The van der Waals surface area contributed by atoms with E-state index in [4.69, 9.17) is 0 Å². The topological polar surface area (TPSA) is 37.3 Å². The van der Waals surface area contributed by atoms with Gasteiger partial charge in [-0.25, -0.2) is 4.79 Å². The molecule has 0 aliphatic rings. The van der Waals surface area contributed by atoms with Gasteiger partial charge in [-0.05, 0) is 25.2 Å². The molecule has 0 heterocycles. The van der Waals surface area contributed by atoms with Gasteiger partial charge < -0.3 is 5.11 Å². The van der Waals surface area contributed by atoms with E-state index in [-0.39, 0.29) is 0 Å². The molecule has 0 radical (unpaired) electrons. The van der Waals surface area contributed by atoms with E-state index in [0.717, 1.165) is 32.1 Å². The Kier molecular flexibility index (Phi) is 15.5. The van der Waals surface area contributed by atoms with Crippen molar-refractivity contribution in [2.45, 2.75) is 111 Å². The molecule has 2 nitrogen and oxygen atoms in total. The van der Waals surface area contributed by atoms with Crippen LogP contribution in [0.5, 0.6) is 0 Å². The lowest BCUT2D eigenvalue weighted by atomic mass is 9.89. The van der Waals surface area contributed by atoms with Crippen LogP contribution in [0.25, 0.3) is 0 Å². The first-order chi connectivity index (χ1) is 11.2. The van der Waals surface area contributed by atoms with Gasteiger partial charge in [0.2, 0.25) is 0 Å². The van der Waals surface area contributed by atoms with Gasteiger partial charge in [0.25, 0.3) is 0 Å². The van der Waals surface area contributed by atoms with Crippen molar-refractivity contribution in [3.63, 3.8) is 0 Å². The van der Waals surface area contributed by atoms with Gasteiger partial charge in [0.15, 0.2) is 0 Å². The summed E-state index contributed by atoms with van der Waals surface area (Å²) in [4.78, 5) is 11.5. The van der Waals surface area contributed by atoms with Gasteiger partial charge in [-0.1, -0.05) is 97.5 Å². The van der Waals surface area contributed by atoms with Crippen molar-refractivity contribution in [2.24, 2.45) is 5.92 Å². The number of carboxylic acid groups (broad SMARTS) is 1. The summed E-state index contributed by atoms with van der Waals surface area (Å²) in [5.41, 5.74) is 0.661. The van der Waals surface area contributed by atoms with E-state index in [1.54, 1.807) is 0 Å². The van der Waals surface area contributed by atoms with Crippen molar-refractivity contribution in [3.8, 4) is 0 Å². The van der Waals surface area contributed by atoms with Gasteiger partial charge in [0.1, 0.15) is 0 Å². The number of aliphatic carboxylic acids is 1. The molecule has 2 heteroatoms. The molecular weight excluding hydrogens is 284 g/mol. The fraction of sp³-hybridized carbons (Fsp3) is 0.857. The number of carbonyl (C=O) groups is 1. The second-order valence-corrected chi connectivity index (χ2v) is 6.95. The highest BCUT2D eigenvalue weighted by Gasteiger charge is 2.15. The normalized spacial score (nSPS) is 13.3. The monoisotopic (exact) mass is 324 g/mol. The van der Waals surface area contributed by atoms with Crippen molar-refractivity contribution in [1.29, 1.82) is 0 Å². The molecule has 0 spiro atoms. The van der Waals surface area contributed by atoms with E-state index in [2.05, 4.69) is 20.8 Å². The largest absolute Gasteiger partial charge is 0.478 e. The van der Waals surface area contributed by atoms with E-state index in [0.29, 0.717) is 11.5 Å². The van der Waals surface area contributed by atoms with Crippen LogP contribution in [0.1, 0.15) is 111 Å². The summed E-state index contributed by atoms with van der Waals surface area (Å²) in [6, 6.07) is 0. The van der Waals surface area contributed by atoms with Crippen LogP contribution in [0.15, 0.2) is 11.6 Å². The Morgan fingerprint density at radius 2 is 1.43 bits per heavy atom. The zero-order valence-corrected chi connectivity index (χ0v) is 15.9. The molecule has 23 heavy (non-hydrogen) atoms. The summed E-state index contributed by atoms with van der Waals surface area (Å²) in [5.74, 6) is -0.147. The van der Waals surface area contributed by atoms with Gasteiger partial charge >= 0.3 is 5.97 Å². The molecule has 1 unspecified atom stereocenters. The van der Waals surface area contributed by atoms with Crippen LogP contribution >= 0.6 is 0 Å². The lowest BCUT2D eigenvalue weighted by Gasteiger charge is -2.16. The molecule has 0 aliphatic carbocycles. The minimum absolute atomic E-state index is 0.554. The lowest BCUT2D eigenvalue weighted by molar-refractivity contribution is -0.133. The summed E-state index contributed by atoms with van der Waals surface area (Å²) >= 11 is 0. The Bertz CT molecular complexity index is 307. The molecule has 0 amide bonds. The summed E-state index contributed by atoms with van der Waals surface area (Å²) in [6.07, 6.45) is 18.5. The lowest BCUT2D eigenvalue weighted by Crippen LogP contribution is -2.09. The van der Waals surface area contributed by atoms with Crippen molar-refractivity contribution in [1.82, 2.24) is 0 Å². The summed E-state index contributed by atoms with van der Waals surface area (Å²) in [5, 5.41) is 9.47. The summed E-state index contributed by atoms with van der Waals surface area (Å²) in [7, 11) is 0. The molecule has 136 valence electrons. The zero-order valence-electron chi connectivity index (χ0n) is 15.9. The number of hydrogen-bond acceptors (Lipinski definition) is 1. The van der Waals surface area contributed by atoms with Crippen molar-refractivity contribution < 1.29 is 9.90 Å². The first-order valence-corrected chi connectivity index (χ1v) is 10.1. The number of carboxylic acids is 1. The van der Waals surface area contributed by atoms with Crippen LogP contribution in [0, 0.1) is 5.92 Å². The van der Waals surface area contributed by atoms with Crippen LogP contribution in [0.3, 0.4) is 0 Å². The second kappa shape index (κ2) is 16.1. The van der Waals surface area contributed by atoms with E-state index in [1.807, 2.05) is 6.08 Å². The highest BCUT2D eigenvalue weighted by molar-refractivity contribution is 5.86. The van der Waals surface area contributed by atoms with Crippen LogP contribution in [-0.2, 0) is 4.79 Å². The van der Waals surface area contributed by atoms with Crippen LogP contribution in [0.2, 0.25) is 0 Å². The summed E-state index contributed by atoms with van der Waals surface area (Å²) in [6.45, 7) is 6.65. The molecule has 1 atom stereocenters. The highest BCUT2D eigenvalue weighted by Crippen LogP contribution is 2.24. The molecule has 0 aromatic rings. The third-order valence-electron chi connectivity index (χ3n) is 4.64. The maximum absolute atomic E-state index is 11.5. The van der Waals surface area contributed by atoms with Gasteiger partial charge in [0, 0.05) is 5.57 Å². The fourth-order valence-electron chi connectivity index (χ4n) is 3.21. The zero-order chi connectivity index (χ0) is 17.3. The third-order valence-corrected chi connectivity index (χ3v) is 4.64. The quantitative estimate of drug-likeness (QED) is 0.242. The van der Waals surface area contributed by atoms with Crippen LogP contribution < -0.4 is 0 Å². The van der Waals surface area contributed by atoms with Gasteiger partial charge in [-0.2, -0.15) is 0 Å². The minimum atomic E-state index is -0.701. The average molecular weight is 325 g/mol. The van der Waals surface area contributed by atoms with Gasteiger partial charge in [-0.15, -0.1) is 0 Å². The molecule has 0 bridgehead atoms. The minimum Gasteiger partial charge on any atom is -0.478 e. The molecule has 0 aliphatic heterocycles. The number of hydrogen-bond donors (Lipinski definition) is 1. The fourth-order valence-corrected chi connectivity index (χ4v) is 3.21.